The Morgan fingerprint density at radius 2 is 2.13 bits per heavy atom. The third-order valence-corrected chi connectivity index (χ3v) is 4.81. The number of hydrogen-bond acceptors (Lipinski definition) is 7. The predicted molar refractivity (Wildman–Crippen MR) is 83.6 cm³/mol. The van der Waals surface area contributed by atoms with Crippen LogP contribution in [0.4, 0.5) is 5.95 Å². The van der Waals surface area contributed by atoms with Crippen molar-refractivity contribution in [2.24, 2.45) is 5.92 Å². The lowest BCUT2D eigenvalue weighted by molar-refractivity contribution is -0.132. The zero-order valence-electron chi connectivity index (χ0n) is 13.0. The number of carbonyl (C=O) groups excluding carboxylic acids is 1. The SMILES string of the molecule is O=C(C1CCNN1)N1C[C@@H]2CN(c3ncccn3)CCO[C@@H]2C1. The number of nitrogens with zero attached hydrogens (tertiary/aromatic N) is 4. The molecule has 1 aromatic rings. The molecule has 1 amide bonds. The first-order chi connectivity index (χ1) is 11.3. The minimum atomic E-state index is -0.106. The summed E-state index contributed by atoms with van der Waals surface area (Å²) in [5.41, 5.74) is 6.07. The quantitative estimate of drug-likeness (QED) is 0.724. The fourth-order valence-electron chi connectivity index (χ4n) is 3.60. The highest BCUT2D eigenvalue weighted by molar-refractivity contribution is 5.82. The van der Waals surface area contributed by atoms with E-state index < -0.39 is 0 Å². The van der Waals surface area contributed by atoms with Gasteiger partial charge in [-0.1, -0.05) is 0 Å². The Labute approximate surface area is 135 Å². The Morgan fingerprint density at radius 3 is 2.91 bits per heavy atom. The first-order valence-electron chi connectivity index (χ1n) is 8.22. The summed E-state index contributed by atoms with van der Waals surface area (Å²) in [5.74, 6) is 1.22. The van der Waals surface area contributed by atoms with Gasteiger partial charge in [-0.05, 0) is 12.5 Å². The summed E-state index contributed by atoms with van der Waals surface area (Å²) < 4.78 is 5.99. The molecule has 124 valence electrons. The largest absolute Gasteiger partial charge is 0.374 e. The second-order valence-electron chi connectivity index (χ2n) is 6.32. The highest BCUT2D eigenvalue weighted by atomic mass is 16.5. The van der Waals surface area contributed by atoms with Gasteiger partial charge in [-0.3, -0.25) is 10.2 Å². The van der Waals surface area contributed by atoms with E-state index in [-0.39, 0.29) is 18.1 Å². The Balaban J connectivity index is 1.43. The van der Waals surface area contributed by atoms with Gasteiger partial charge in [0.1, 0.15) is 6.04 Å². The van der Waals surface area contributed by atoms with Gasteiger partial charge in [0.05, 0.1) is 12.7 Å². The number of carbonyl (C=O) groups is 1. The fourth-order valence-corrected chi connectivity index (χ4v) is 3.60. The molecule has 0 saturated carbocycles. The van der Waals surface area contributed by atoms with Crippen molar-refractivity contribution in [1.29, 1.82) is 0 Å². The van der Waals surface area contributed by atoms with Crippen LogP contribution in [0.2, 0.25) is 0 Å². The van der Waals surface area contributed by atoms with Crippen LogP contribution in [0.25, 0.3) is 0 Å². The summed E-state index contributed by atoms with van der Waals surface area (Å²) >= 11 is 0. The number of aromatic nitrogens is 2. The Bertz CT molecular complexity index is 550. The van der Waals surface area contributed by atoms with Crippen LogP contribution < -0.4 is 15.8 Å². The number of nitrogens with one attached hydrogen (secondary N) is 2. The molecule has 1 unspecified atom stereocenters. The number of amides is 1. The standard InChI is InChI=1S/C15H22N6O2/c22-14(12-2-5-18-19-12)21-9-11-8-20(6-7-23-13(11)10-21)15-16-3-1-4-17-15/h1,3-4,11-13,18-19H,2,5-10H2/t11-,12?,13+/m0/s1. The lowest BCUT2D eigenvalue weighted by Crippen LogP contribution is -2.45. The van der Waals surface area contributed by atoms with Crippen molar-refractivity contribution in [3.05, 3.63) is 18.5 Å². The molecule has 3 atom stereocenters. The van der Waals surface area contributed by atoms with E-state index in [4.69, 9.17) is 4.74 Å². The lowest BCUT2D eigenvalue weighted by Gasteiger charge is -2.24. The van der Waals surface area contributed by atoms with Crippen LogP contribution in [0.15, 0.2) is 18.5 Å². The van der Waals surface area contributed by atoms with Crippen LogP contribution in [0.5, 0.6) is 0 Å². The zero-order valence-corrected chi connectivity index (χ0v) is 13.0. The van der Waals surface area contributed by atoms with Crippen LogP contribution in [0, 0.1) is 5.92 Å². The third kappa shape index (κ3) is 3.01. The molecule has 4 heterocycles. The van der Waals surface area contributed by atoms with Crippen molar-refractivity contribution in [2.45, 2.75) is 18.6 Å². The van der Waals surface area contributed by atoms with Crippen LogP contribution in [0.1, 0.15) is 6.42 Å². The number of ether oxygens (including phenoxy) is 1. The fraction of sp³-hybridized carbons (Fsp3) is 0.667. The van der Waals surface area contributed by atoms with E-state index in [2.05, 4.69) is 25.7 Å². The van der Waals surface area contributed by atoms with Gasteiger partial charge >= 0.3 is 0 Å². The lowest BCUT2D eigenvalue weighted by atomic mass is 10.1. The number of hydrazine groups is 1. The molecule has 8 nitrogen and oxygen atoms in total. The summed E-state index contributed by atoms with van der Waals surface area (Å²) in [6.07, 6.45) is 4.47. The Hall–Kier alpha value is -1.77. The van der Waals surface area contributed by atoms with Gasteiger partial charge in [-0.15, -0.1) is 0 Å². The molecule has 1 aromatic heterocycles. The summed E-state index contributed by atoms with van der Waals surface area (Å²) in [6, 6.07) is 1.71. The molecule has 8 heteroatoms. The molecule has 23 heavy (non-hydrogen) atoms. The van der Waals surface area contributed by atoms with E-state index in [0.29, 0.717) is 19.1 Å². The van der Waals surface area contributed by atoms with Crippen LogP contribution in [-0.4, -0.2) is 72.3 Å². The zero-order chi connectivity index (χ0) is 15.6. The van der Waals surface area contributed by atoms with E-state index in [9.17, 15) is 4.79 Å². The summed E-state index contributed by atoms with van der Waals surface area (Å²) in [4.78, 5) is 25.3. The van der Waals surface area contributed by atoms with Gasteiger partial charge in [0.25, 0.3) is 0 Å². The second kappa shape index (κ2) is 6.38. The minimum absolute atomic E-state index is 0.106. The highest BCUT2D eigenvalue weighted by Crippen LogP contribution is 2.26. The molecule has 3 fully saturated rings. The van der Waals surface area contributed by atoms with Gasteiger partial charge in [-0.25, -0.2) is 15.4 Å². The van der Waals surface area contributed by atoms with E-state index in [1.165, 1.54) is 0 Å². The molecule has 3 aliphatic rings. The minimum Gasteiger partial charge on any atom is -0.374 e. The maximum atomic E-state index is 12.6. The van der Waals surface area contributed by atoms with Crippen molar-refractivity contribution in [3.63, 3.8) is 0 Å². The first-order valence-corrected chi connectivity index (χ1v) is 8.22. The molecule has 0 aliphatic carbocycles. The smallest absolute Gasteiger partial charge is 0.241 e. The molecule has 0 spiro atoms. The Morgan fingerprint density at radius 1 is 1.26 bits per heavy atom. The second-order valence-corrected chi connectivity index (χ2v) is 6.32. The molecule has 0 bridgehead atoms. The van der Waals surface area contributed by atoms with Crippen molar-refractivity contribution >= 4 is 11.9 Å². The van der Waals surface area contributed by atoms with Crippen LogP contribution >= 0.6 is 0 Å². The van der Waals surface area contributed by atoms with Crippen molar-refractivity contribution in [3.8, 4) is 0 Å². The summed E-state index contributed by atoms with van der Waals surface area (Å²) in [6.45, 7) is 4.53. The Kier molecular flexibility index (Phi) is 4.11. The van der Waals surface area contributed by atoms with Gasteiger partial charge in [-0.2, -0.15) is 0 Å². The number of hydrogen-bond donors (Lipinski definition) is 2. The normalized spacial score (nSPS) is 31.0. The van der Waals surface area contributed by atoms with Crippen LogP contribution in [-0.2, 0) is 9.53 Å². The molecular formula is C15H22N6O2. The number of likely N-dealkylation sites (tertiary alicyclic amines) is 1. The van der Waals surface area contributed by atoms with Crippen LogP contribution in [0.3, 0.4) is 0 Å². The van der Waals surface area contributed by atoms with E-state index >= 15 is 0 Å². The average Bonchev–Trinajstić information content (AvgIpc) is 3.21. The predicted octanol–water partition coefficient (Wildman–Crippen LogP) is -0.993. The number of anilines is 1. The van der Waals surface area contributed by atoms with E-state index in [0.717, 1.165) is 38.5 Å². The monoisotopic (exact) mass is 318 g/mol. The topological polar surface area (TPSA) is 82.6 Å². The first kappa shape index (κ1) is 14.8. The molecule has 2 N–H and O–H groups in total. The molecule has 3 saturated heterocycles. The van der Waals surface area contributed by atoms with E-state index in [1.54, 1.807) is 12.4 Å². The van der Waals surface area contributed by atoms with Gasteiger partial charge in [0, 0.05) is 51.0 Å². The molecule has 0 radical (unpaired) electrons. The van der Waals surface area contributed by atoms with Crippen molar-refractivity contribution < 1.29 is 9.53 Å². The number of fused-ring (bicyclic) bond motifs is 1. The average molecular weight is 318 g/mol. The van der Waals surface area contributed by atoms with Gasteiger partial charge in [0.15, 0.2) is 0 Å². The summed E-state index contributed by atoms with van der Waals surface area (Å²) in [7, 11) is 0. The summed E-state index contributed by atoms with van der Waals surface area (Å²) in [5, 5.41) is 0. The van der Waals surface area contributed by atoms with Gasteiger partial charge < -0.3 is 14.5 Å². The molecule has 3 aliphatic heterocycles. The van der Waals surface area contributed by atoms with Crippen molar-refractivity contribution in [1.82, 2.24) is 25.7 Å². The maximum Gasteiger partial charge on any atom is 0.241 e. The third-order valence-electron chi connectivity index (χ3n) is 4.81. The van der Waals surface area contributed by atoms with Crippen molar-refractivity contribution in [2.75, 3.05) is 44.2 Å². The number of rotatable bonds is 2. The van der Waals surface area contributed by atoms with Gasteiger partial charge in [0.2, 0.25) is 11.9 Å². The molecule has 0 aromatic carbocycles. The maximum absolute atomic E-state index is 12.6. The van der Waals surface area contributed by atoms with E-state index in [1.807, 2.05) is 11.0 Å². The molecular weight excluding hydrogens is 296 g/mol. The highest BCUT2D eigenvalue weighted by Gasteiger charge is 2.40. The molecule has 4 rings (SSSR count).